The lowest BCUT2D eigenvalue weighted by Crippen LogP contribution is -2.13. The first-order chi connectivity index (χ1) is 9.61. The molecule has 2 aromatic carbocycles. The van der Waals surface area contributed by atoms with Crippen LogP contribution in [0, 0.1) is 12.7 Å². The molecule has 20 heavy (non-hydrogen) atoms. The van der Waals surface area contributed by atoms with Gasteiger partial charge in [0.25, 0.3) is 0 Å². The maximum atomic E-state index is 13.9. The number of nitrogens with one attached hydrogen (secondary N) is 1. The Balaban J connectivity index is 2.28. The molecule has 106 valence electrons. The van der Waals surface area contributed by atoms with Crippen molar-refractivity contribution >= 4 is 15.9 Å². The Hall–Kier alpha value is -1.39. The Kier molecular flexibility index (Phi) is 5.15. The molecule has 4 heteroatoms. The SMILES string of the molecule is CCNCc1c(F)cccc1Oc1ccc(Br)c(C)c1. The summed E-state index contributed by atoms with van der Waals surface area (Å²) in [4.78, 5) is 0. The molecule has 0 aliphatic rings. The summed E-state index contributed by atoms with van der Waals surface area (Å²) in [6.45, 7) is 5.21. The van der Waals surface area contributed by atoms with E-state index in [0.29, 0.717) is 23.6 Å². The van der Waals surface area contributed by atoms with Crippen LogP contribution in [0.3, 0.4) is 0 Å². The van der Waals surface area contributed by atoms with E-state index in [-0.39, 0.29) is 5.82 Å². The number of benzene rings is 2. The van der Waals surface area contributed by atoms with Crippen LogP contribution >= 0.6 is 15.9 Å². The molecule has 0 aliphatic heterocycles. The summed E-state index contributed by atoms with van der Waals surface area (Å²) in [6.07, 6.45) is 0. The van der Waals surface area contributed by atoms with Crippen molar-refractivity contribution in [2.45, 2.75) is 20.4 Å². The van der Waals surface area contributed by atoms with Crippen molar-refractivity contribution < 1.29 is 9.13 Å². The fourth-order valence-corrected chi connectivity index (χ4v) is 2.11. The standard InChI is InChI=1S/C16H17BrFNO/c1-3-19-10-13-15(18)5-4-6-16(13)20-12-7-8-14(17)11(2)9-12/h4-9,19H,3,10H2,1-2H3. The summed E-state index contributed by atoms with van der Waals surface area (Å²) < 4.78 is 20.7. The van der Waals surface area contributed by atoms with Gasteiger partial charge in [-0.05, 0) is 49.4 Å². The molecular weight excluding hydrogens is 321 g/mol. The zero-order valence-electron chi connectivity index (χ0n) is 11.5. The van der Waals surface area contributed by atoms with Gasteiger partial charge in [0.2, 0.25) is 0 Å². The molecule has 1 N–H and O–H groups in total. The van der Waals surface area contributed by atoms with Gasteiger partial charge >= 0.3 is 0 Å². The molecule has 0 bridgehead atoms. The highest BCUT2D eigenvalue weighted by atomic mass is 79.9. The van der Waals surface area contributed by atoms with E-state index in [9.17, 15) is 4.39 Å². The molecule has 0 aromatic heterocycles. The van der Waals surface area contributed by atoms with Gasteiger partial charge in [0.15, 0.2) is 0 Å². The lowest BCUT2D eigenvalue weighted by atomic mass is 10.2. The third kappa shape index (κ3) is 3.58. The first kappa shape index (κ1) is 15.0. The minimum atomic E-state index is -0.253. The third-order valence-corrected chi connectivity index (χ3v) is 3.87. The molecule has 2 nitrogen and oxygen atoms in total. The fourth-order valence-electron chi connectivity index (χ4n) is 1.86. The molecule has 0 saturated carbocycles. The Bertz CT molecular complexity index is 601. The minimum absolute atomic E-state index is 0.253. The quantitative estimate of drug-likeness (QED) is 0.846. The Morgan fingerprint density at radius 1 is 1.25 bits per heavy atom. The van der Waals surface area contributed by atoms with Crippen molar-refractivity contribution in [3.05, 3.63) is 57.8 Å². The maximum absolute atomic E-state index is 13.9. The molecule has 0 amide bonds. The van der Waals surface area contributed by atoms with E-state index in [1.807, 2.05) is 32.0 Å². The van der Waals surface area contributed by atoms with Crippen LogP contribution in [0.25, 0.3) is 0 Å². The Labute approximate surface area is 127 Å². The lowest BCUT2D eigenvalue weighted by molar-refractivity contribution is 0.462. The lowest BCUT2D eigenvalue weighted by Gasteiger charge is -2.13. The van der Waals surface area contributed by atoms with Crippen LogP contribution in [0.2, 0.25) is 0 Å². The topological polar surface area (TPSA) is 21.3 Å². The van der Waals surface area contributed by atoms with Crippen molar-refractivity contribution in [1.29, 1.82) is 0 Å². The van der Waals surface area contributed by atoms with E-state index in [1.165, 1.54) is 6.07 Å². The van der Waals surface area contributed by atoms with Crippen LogP contribution in [0.5, 0.6) is 11.5 Å². The van der Waals surface area contributed by atoms with E-state index in [4.69, 9.17) is 4.74 Å². The van der Waals surface area contributed by atoms with Gasteiger partial charge in [-0.3, -0.25) is 0 Å². The van der Waals surface area contributed by atoms with Gasteiger partial charge in [-0.15, -0.1) is 0 Å². The number of rotatable bonds is 5. The van der Waals surface area contributed by atoms with Crippen LogP contribution in [0.1, 0.15) is 18.1 Å². The number of aryl methyl sites for hydroxylation is 1. The molecule has 0 heterocycles. The van der Waals surface area contributed by atoms with Crippen LogP contribution in [-0.2, 0) is 6.54 Å². The first-order valence-corrected chi connectivity index (χ1v) is 7.33. The minimum Gasteiger partial charge on any atom is -0.457 e. The van der Waals surface area contributed by atoms with Crippen molar-refractivity contribution in [2.75, 3.05) is 6.54 Å². The number of halogens is 2. The number of ether oxygens (including phenoxy) is 1. The summed E-state index contributed by atoms with van der Waals surface area (Å²) in [5.41, 5.74) is 1.63. The van der Waals surface area contributed by atoms with Gasteiger partial charge in [0, 0.05) is 16.6 Å². The highest BCUT2D eigenvalue weighted by molar-refractivity contribution is 9.10. The van der Waals surface area contributed by atoms with E-state index in [1.54, 1.807) is 12.1 Å². The van der Waals surface area contributed by atoms with Crippen molar-refractivity contribution in [3.8, 4) is 11.5 Å². The molecule has 0 spiro atoms. The van der Waals surface area contributed by atoms with Gasteiger partial charge in [0.05, 0.1) is 0 Å². The Morgan fingerprint density at radius 2 is 2.05 bits per heavy atom. The number of hydrogen-bond acceptors (Lipinski definition) is 2. The second-order valence-electron chi connectivity index (χ2n) is 4.51. The molecule has 0 saturated heterocycles. The average Bonchev–Trinajstić information content (AvgIpc) is 2.42. The zero-order valence-corrected chi connectivity index (χ0v) is 13.1. The summed E-state index contributed by atoms with van der Waals surface area (Å²) in [6, 6.07) is 10.6. The zero-order chi connectivity index (χ0) is 14.5. The maximum Gasteiger partial charge on any atom is 0.134 e. The van der Waals surface area contributed by atoms with Crippen LogP contribution < -0.4 is 10.1 Å². The highest BCUT2D eigenvalue weighted by Gasteiger charge is 2.10. The monoisotopic (exact) mass is 337 g/mol. The average molecular weight is 338 g/mol. The van der Waals surface area contributed by atoms with Crippen molar-refractivity contribution in [2.24, 2.45) is 0 Å². The molecular formula is C16H17BrFNO. The molecule has 0 fully saturated rings. The fraction of sp³-hybridized carbons (Fsp3) is 0.250. The van der Waals surface area contributed by atoms with Gasteiger partial charge in [-0.1, -0.05) is 28.9 Å². The molecule has 2 aromatic rings. The van der Waals surface area contributed by atoms with Gasteiger partial charge < -0.3 is 10.1 Å². The predicted octanol–water partition coefficient (Wildman–Crippen LogP) is 4.80. The third-order valence-electron chi connectivity index (χ3n) is 2.98. The molecule has 0 radical (unpaired) electrons. The first-order valence-electron chi connectivity index (χ1n) is 6.54. The normalized spacial score (nSPS) is 10.6. The molecule has 0 unspecified atom stereocenters. The van der Waals surface area contributed by atoms with E-state index < -0.39 is 0 Å². The second-order valence-corrected chi connectivity index (χ2v) is 5.36. The Morgan fingerprint density at radius 3 is 2.75 bits per heavy atom. The summed E-state index contributed by atoms with van der Waals surface area (Å²) >= 11 is 3.45. The van der Waals surface area contributed by atoms with E-state index >= 15 is 0 Å². The number of hydrogen-bond donors (Lipinski definition) is 1. The summed E-state index contributed by atoms with van der Waals surface area (Å²) in [7, 11) is 0. The van der Waals surface area contributed by atoms with Crippen LogP contribution in [-0.4, -0.2) is 6.54 Å². The highest BCUT2D eigenvalue weighted by Crippen LogP contribution is 2.29. The van der Waals surface area contributed by atoms with Crippen LogP contribution in [0.15, 0.2) is 40.9 Å². The molecule has 0 aliphatic carbocycles. The van der Waals surface area contributed by atoms with Crippen molar-refractivity contribution in [1.82, 2.24) is 5.32 Å². The smallest absolute Gasteiger partial charge is 0.134 e. The molecule has 2 rings (SSSR count). The van der Waals surface area contributed by atoms with Gasteiger partial charge in [-0.25, -0.2) is 4.39 Å². The van der Waals surface area contributed by atoms with Gasteiger partial charge in [0.1, 0.15) is 17.3 Å². The second kappa shape index (κ2) is 6.86. The predicted molar refractivity (Wildman–Crippen MR) is 82.7 cm³/mol. The summed E-state index contributed by atoms with van der Waals surface area (Å²) in [5, 5.41) is 3.12. The van der Waals surface area contributed by atoms with Crippen molar-refractivity contribution in [3.63, 3.8) is 0 Å². The van der Waals surface area contributed by atoms with E-state index in [0.717, 1.165) is 16.6 Å². The largest absolute Gasteiger partial charge is 0.457 e. The van der Waals surface area contributed by atoms with Crippen LogP contribution in [0.4, 0.5) is 4.39 Å². The molecule has 0 atom stereocenters. The summed E-state index contributed by atoms with van der Waals surface area (Å²) in [5.74, 6) is 0.999. The van der Waals surface area contributed by atoms with E-state index in [2.05, 4.69) is 21.2 Å². The van der Waals surface area contributed by atoms with Gasteiger partial charge in [-0.2, -0.15) is 0 Å².